The highest BCUT2D eigenvalue weighted by atomic mass is 32.2. The van der Waals surface area contributed by atoms with Crippen molar-refractivity contribution in [2.45, 2.75) is 101 Å². The lowest BCUT2D eigenvalue weighted by molar-refractivity contribution is -0.253. The van der Waals surface area contributed by atoms with Crippen LogP contribution < -0.4 is 10.0 Å². The third kappa shape index (κ3) is 10.9. The van der Waals surface area contributed by atoms with E-state index in [0.29, 0.717) is 30.6 Å². The number of ether oxygens (including phenoxy) is 3. The molecule has 2 fully saturated rings. The number of hydrogen-bond donors (Lipinski definition) is 3. The number of sulfonamides is 1. The number of anilines is 1. The van der Waals surface area contributed by atoms with Crippen molar-refractivity contribution in [2.24, 2.45) is 0 Å². The van der Waals surface area contributed by atoms with E-state index in [-0.39, 0.29) is 42.1 Å². The monoisotopic (exact) mass is 769 g/mol. The summed E-state index contributed by atoms with van der Waals surface area (Å²) in [5.74, 6) is -0.760. The Bertz CT molecular complexity index is 2020. The van der Waals surface area contributed by atoms with Gasteiger partial charge in [-0.2, -0.15) is 4.72 Å². The zero-order valence-corrected chi connectivity index (χ0v) is 32.6. The Balaban J connectivity index is 1.22. The molecular formula is C43H51N3O8S. The summed E-state index contributed by atoms with van der Waals surface area (Å²) in [4.78, 5) is 29.3. The number of amides is 1. The Morgan fingerprint density at radius 1 is 0.909 bits per heavy atom. The second-order valence-electron chi connectivity index (χ2n) is 15.3. The van der Waals surface area contributed by atoms with Crippen LogP contribution in [0, 0.1) is 6.92 Å². The lowest BCUT2D eigenvalue weighted by atomic mass is 9.99. The van der Waals surface area contributed by atoms with E-state index in [2.05, 4.69) is 14.9 Å². The number of esters is 1. The lowest BCUT2D eigenvalue weighted by Gasteiger charge is -2.38. The Morgan fingerprint density at radius 3 is 2.33 bits per heavy atom. The van der Waals surface area contributed by atoms with Crippen molar-refractivity contribution in [3.05, 3.63) is 131 Å². The second kappa shape index (κ2) is 17.6. The minimum absolute atomic E-state index is 0.0685. The molecule has 0 unspecified atom stereocenters. The Hall–Kier alpha value is -4.43. The van der Waals surface area contributed by atoms with Gasteiger partial charge in [-0.3, -0.25) is 14.5 Å². The fraction of sp³-hybridized carbons (Fsp3) is 0.395. The van der Waals surface area contributed by atoms with Crippen molar-refractivity contribution < 1.29 is 37.3 Å². The number of nitrogens with one attached hydrogen (secondary N) is 2. The average Bonchev–Trinajstić information content (AvgIpc) is 3.63. The van der Waals surface area contributed by atoms with E-state index in [4.69, 9.17) is 14.2 Å². The number of benzene rings is 4. The molecule has 2 aliphatic heterocycles. The van der Waals surface area contributed by atoms with Crippen LogP contribution in [0.1, 0.15) is 80.2 Å². The highest BCUT2D eigenvalue weighted by Gasteiger charge is 2.39. The summed E-state index contributed by atoms with van der Waals surface area (Å²) in [6.07, 6.45) is 0.758. The third-order valence-electron chi connectivity index (χ3n) is 9.75. The first kappa shape index (κ1) is 40.2. The fourth-order valence-electron chi connectivity index (χ4n) is 6.98. The van der Waals surface area contributed by atoms with E-state index < -0.39 is 33.9 Å². The van der Waals surface area contributed by atoms with Crippen LogP contribution >= 0.6 is 0 Å². The average molecular weight is 770 g/mol. The predicted octanol–water partition coefficient (Wildman–Crippen LogP) is 6.37. The lowest BCUT2D eigenvalue weighted by Crippen LogP contribution is -2.45. The van der Waals surface area contributed by atoms with Gasteiger partial charge in [-0.25, -0.2) is 8.42 Å². The van der Waals surface area contributed by atoms with E-state index in [9.17, 15) is 23.1 Å². The Kier molecular flexibility index (Phi) is 12.9. The van der Waals surface area contributed by atoms with Crippen LogP contribution in [0.25, 0.3) is 0 Å². The van der Waals surface area contributed by atoms with Gasteiger partial charge in [0.1, 0.15) is 17.7 Å². The van der Waals surface area contributed by atoms with E-state index in [1.165, 1.54) is 12.1 Å². The van der Waals surface area contributed by atoms with Crippen LogP contribution in [-0.2, 0) is 46.9 Å². The first-order valence-corrected chi connectivity index (χ1v) is 20.3. The molecule has 5 atom stereocenters. The van der Waals surface area contributed by atoms with Crippen LogP contribution in [-0.4, -0.2) is 67.2 Å². The highest BCUT2D eigenvalue weighted by Crippen LogP contribution is 2.39. The number of carbonyl (C=O) groups is 2. The molecule has 11 nitrogen and oxygen atoms in total. The number of hydrogen-bond acceptors (Lipinski definition) is 9. The fourth-order valence-corrected chi connectivity index (χ4v) is 8.17. The molecule has 6 rings (SSSR count). The van der Waals surface area contributed by atoms with E-state index in [0.717, 1.165) is 35.2 Å². The maximum absolute atomic E-state index is 13.9. The van der Waals surface area contributed by atoms with Crippen molar-refractivity contribution >= 4 is 27.6 Å². The van der Waals surface area contributed by atoms with Crippen molar-refractivity contribution in [1.82, 2.24) is 9.62 Å². The van der Waals surface area contributed by atoms with E-state index in [1.54, 1.807) is 30.3 Å². The van der Waals surface area contributed by atoms with Gasteiger partial charge in [0.05, 0.1) is 23.7 Å². The predicted molar refractivity (Wildman–Crippen MR) is 209 cm³/mol. The van der Waals surface area contributed by atoms with Crippen LogP contribution in [0.3, 0.4) is 0 Å². The highest BCUT2D eigenvalue weighted by molar-refractivity contribution is 7.89. The third-order valence-corrected chi connectivity index (χ3v) is 11.2. The number of aryl methyl sites for hydroxylation is 1. The van der Waals surface area contributed by atoms with Gasteiger partial charge in [0, 0.05) is 24.2 Å². The molecular weight excluding hydrogens is 719 g/mol. The maximum Gasteiger partial charge on any atom is 0.323 e. The van der Waals surface area contributed by atoms with Crippen molar-refractivity contribution in [1.29, 1.82) is 0 Å². The van der Waals surface area contributed by atoms with Crippen LogP contribution in [0.5, 0.6) is 0 Å². The molecule has 292 valence electrons. The topological polar surface area (TPSA) is 144 Å². The van der Waals surface area contributed by atoms with Crippen LogP contribution in [0.15, 0.2) is 108 Å². The number of nitrogens with zero attached hydrogens (tertiary/aromatic N) is 1. The van der Waals surface area contributed by atoms with Crippen molar-refractivity contribution in [3.8, 4) is 0 Å². The summed E-state index contributed by atoms with van der Waals surface area (Å²) in [5.41, 5.74) is 3.93. The van der Waals surface area contributed by atoms with Gasteiger partial charge in [0.2, 0.25) is 15.9 Å². The summed E-state index contributed by atoms with van der Waals surface area (Å²) in [6.45, 7) is 8.64. The standard InChI is InChI=1S/C43H51N3O8S/c1-29-15-21-36(22-16-29)55(50,51)45-37(24-30-10-6-5-7-11-30)40(48)44-34-13-8-12-33(25-34)42-52-35(26-39(53-42)32-19-17-31(28-47)18-20-32)27-46-23-9-14-38(46)41(49)54-43(2,3)4/h5-8,10-13,15-22,25,35,37-39,42,45,47H,9,14,23-24,26-28H2,1-4H3,(H,44,48)/t35-,37+,38-,39+,42+/m0/s1. The number of carbonyl (C=O) groups excluding carboxylic acids is 2. The van der Waals surface area contributed by atoms with Gasteiger partial charge < -0.3 is 24.6 Å². The number of likely N-dealkylation sites (tertiary alicyclic amines) is 1. The number of aliphatic hydroxyl groups is 1. The SMILES string of the molecule is Cc1ccc(S(=O)(=O)N[C@H](Cc2ccccc2)C(=O)Nc2cccc([C@@H]3O[C@H](CN4CCC[C@H]4C(=O)OC(C)(C)C)C[C@H](c4ccc(CO)cc4)O3)c2)cc1. The number of rotatable bonds is 13. The van der Waals surface area contributed by atoms with Gasteiger partial charge in [0.25, 0.3) is 0 Å². The molecule has 4 aromatic carbocycles. The minimum Gasteiger partial charge on any atom is -0.459 e. The Morgan fingerprint density at radius 2 is 1.64 bits per heavy atom. The Labute approximate surface area is 324 Å². The molecule has 4 aromatic rings. The van der Waals surface area contributed by atoms with Crippen LogP contribution in [0.4, 0.5) is 5.69 Å². The minimum atomic E-state index is -4.03. The zero-order chi connectivity index (χ0) is 39.2. The summed E-state index contributed by atoms with van der Waals surface area (Å²) in [5, 5.41) is 12.6. The molecule has 0 aliphatic carbocycles. The first-order chi connectivity index (χ1) is 26.3. The molecule has 2 saturated heterocycles. The van der Waals surface area contributed by atoms with Gasteiger partial charge in [-0.15, -0.1) is 0 Å². The van der Waals surface area contributed by atoms with Gasteiger partial charge in [-0.1, -0.05) is 84.4 Å². The second-order valence-corrected chi connectivity index (χ2v) is 17.0. The largest absolute Gasteiger partial charge is 0.459 e. The van der Waals surface area contributed by atoms with Crippen molar-refractivity contribution in [2.75, 3.05) is 18.4 Å². The quantitative estimate of drug-likeness (QED) is 0.132. The summed E-state index contributed by atoms with van der Waals surface area (Å²) >= 11 is 0. The van der Waals surface area contributed by atoms with Gasteiger partial charge in [-0.05, 0) is 94.5 Å². The van der Waals surface area contributed by atoms with E-state index >= 15 is 0 Å². The molecule has 1 amide bonds. The molecule has 55 heavy (non-hydrogen) atoms. The molecule has 2 heterocycles. The zero-order valence-electron chi connectivity index (χ0n) is 31.8. The normalized spacial score (nSPS) is 21.2. The summed E-state index contributed by atoms with van der Waals surface area (Å²) in [6, 6.07) is 29.0. The molecule has 3 N–H and O–H groups in total. The van der Waals surface area contributed by atoms with Gasteiger partial charge in [0.15, 0.2) is 6.29 Å². The van der Waals surface area contributed by atoms with Gasteiger partial charge >= 0.3 is 5.97 Å². The molecule has 0 radical (unpaired) electrons. The van der Waals surface area contributed by atoms with Crippen molar-refractivity contribution in [3.63, 3.8) is 0 Å². The molecule has 12 heteroatoms. The molecule has 0 spiro atoms. The number of aliphatic hydroxyl groups excluding tert-OH is 1. The van der Waals surface area contributed by atoms with E-state index in [1.807, 2.05) is 88.4 Å². The molecule has 0 aromatic heterocycles. The summed E-state index contributed by atoms with van der Waals surface area (Å²) in [7, 11) is -4.03. The molecule has 0 bridgehead atoms. The van der Waals surface area contributed by atoms with Crippen LogP contribution in [0.2, 0.25) is 0 Å². The molecule has 0 saturated carbocycles. The first-order valence-electron chi connectivity index (χ1n) is 18.8. The smallest absolute Gasteiger partial charge is 0.323 e. The maximum atomic E-state index is 13.9. The molecule has 2 aliphatic rings. The summed E-state index contributed by atoms with van der Waals surface area (Å²) < 4.78 is 48.5.